The van der Waals surface area contributed by atoms with Crippen LogP contribution in [0.3, 0.4) is 0 Å². The molecule has 4 aromatic rings. The molecule has 216 valence electrons. The summed E-state index contributed by atoms with van der Waals surface area (Å²) < 4.78 is 6.92. The molecule has 1 amide bonds. The van der Waals surface area contributed by atoms with Crippen LogP contribution in [0.15, 0.2) is 76.1 Å². The summed E-state index contributed by atoms with van der Waals surface area (Å²) in [6.45, 7) is 7.11. The van der Waals surface area contributed by atoms with Crippen molar-refractivity contribution in [1.29, 1.82) is 0 Å². The van der Waals surface area contributed by atoms with Crippen molar-refractivity contribution in [3.8, 4) is 0 Å². The maximum Gasteiger partial charge on any atom is 0.433 e. The number of benzene rings is 2. The zero-order valence-corrected chi connectivity index (χ0v) is 23.2. The van der Waals surface area contributed by atoms with Crippen LogP contribution in [0.1, 0.15) is 37.6 Å². The standard InChI is InChI=1S/C31H31N5O6/c1-21-3-2-4-22(17-21)19-35-20-26(31(39)33-13-16-34-14-11-32-12-15-34)30(38)25-18-23(5-8-27(25)35)28(37)9-6-24-7-10-29(42-24)36(40)41/h2-10,17-18,20,32H,11-16,19H2,1H3,(H,33,39)/b9-6+. The van der Waals surface area contributed by atoms with Gasteiger partial charge in [-0.1, -0.05) is 29.8 Å². The molecule has 1 fully saturated rings. The Morgan fingerprint density at radius 2 is 1.93 bits per heavy atom. The van der Waals surface area contributed by atoms with Crippen LogP contribution in [0.4, 0.5) is 5.88 Å². The maximum absolute atomic E-state index is 13.6. The van der Waals surface area contributed by atoms with Gasteiger partial charge in [-0.2, -0.15) is 0 Å². The molecule has 0 saturated carbocycles. The molecule has 0 bridgehead atoms. The van der Waals surface area contributed by atoms with E-state index in [4.69, 9.17) is 4.42 Å². The van der Waals surface area contributed by atoms with Crippen molar-refractivity contribution >= 4 is 34.6 Å². The quantitative estimate of drug-likeness (QED) is 0.128. The summed E-state index contributed by atoms with van der Waals surface area (Å²) in [6.07, 6.45) is 4.14. The second-order valence-corrected chi connectivity index (χ2v) is 10.2. The first-order valence-electron chi connectivity index (χ1n) is 13.7. The van der Waals surface area contributed by atoms with E-state index in [1.807, 2.05) is 35.8 Å². The molecule has 2 aromatic heterocycles. The minimum atomic E-state index is -0.664. The van der Waals surface area contributed by atoms with E-state index in [0.717, 1.165) is 37.3 Å². The number of nitrogens with one attached hydrogen (secondary N) is 2. The van der Waals surface area contributed by atoms with Crippen LogP contribution < -0.4 is 16.1 Å². The van der Waals surface area contributed by atoms with Crippen LogP contribution in [0.5, 0.6) is 0 Å². The molecule has 11 heteroatoms. The first kappa shape index (κ1) is 28.7. The number of furan rings is 1. The molecule has 0 radical (unpaired) electrons. The van der Waals surface area contributed by atoms with E-state index in [2.05, 4.69) is 15.5 Å². The summed E-state index contributed by atoms with van der Waals surface area (Å²) in [6, 6.07) is 15.3. The van der Waals surface area contributed by atoms with Gasteiger partial charge in [0, 0.05) is 63.0 Å². The summed E-state index contributed by atoms with van der Waals surface area (Å²) in [7, 11) is 0. The van der Waals surface area contributed by atoms with E-state index < -0.39 is 27.9 Å². The Hall–Kier alpha value is -4.87. The van der Waals surface area contributed by atoms with E-state index in [0.29, 0.717) is 25.2 Å². The summed E-state index contributed by atoms with van der Waals surface area (Å²) in [4.78, 5) is 52.3. The minimum absolute atomic E-state index is 0.00139. The van der Waals surface area contributed by atoms with Gasteiger partial charge in [0.15, 0.2) is 5.78 Å². The fourth-order valence-electron chi connectivity index (χ4n) is 4.99. The number of allylic oxidation sites excluding steroid dienone is 1. The smallest absolute Gasteiger partial charge is 0.401 e. The minimum Gasteiger partial charge on any atom is -0.401 e. The molecule has 42 heavy (non-hydrogen) atoms. The predicted molar refractivity (Wildman–Crippen MR) is 159 cm³/mol. The molecule has 1 aliphatic heterocycles. The summed E-state index contributed by atoms with van der Waals surface area (Å²) in [5.41, 5.74) is 2.44. The van der Waals surface area contributed by atoms with Crippen LogP contribution in [0, 0.1) is 17.0 Å². The van der Waals surface area contributed by atoms with Gasteiger partial charge in [-0.25, -0.2) is 0 Å². The first-order valence-corrected chi connectivity index (χ1v) is 13.7. The van der Waals surface area contributed by atoms with E-state index in [9.17, 15) is 24.5 Å². The molecule has 0 spiro atoms. The normalized spacial score (nSPS) is 13.9. The third kappa shape index (κ3) is 6.70. The van der Waals surface area contributed by atoms with Crippen molar-refractivity contribution < 1.29 is 18.9 Å². The Balaban J connectivity index is 1.45. The number of rotatable bonds is 10. The van der Waals surface area contributed by atoms with Crippen LogP contribution >= 0.6 is 0 Å². The van der Waals surface area contributed by atoms with E-state index in [1.165, 1.54) is 30.4 Å². The largest absolute Gasteiger partial charge is 0.433 e. The molecule has 2 N–H and O–H groups in total. The second kappa shape index (κ2) is 12.8. The molecule has 2 aromatic carbocycles. The van der Waals surface area contributed by atoms with E-state index in [-0.39, 0.29) is 22.3 Å². The number of piperazine rings is 1. The zero-order chi connectivity index (χ0) is 29.6. The number of hydrogen-bond donors (Lipinski definition) is 2. The fourth-order valence-corrected chi connectivity index (χ4v) is 4.99. The predicted octanol–water partition coefficient (Wildman–Crippen LogP) is 3.39. The number of nitrogens with zero attached hydrogens (tertiary/aromatic N) is 3. The Bertz CT molecular complexity index is 1730. The molecular weight excluding hydrogens is 538 g/mol. The van der Waals surface area contributed by atoms with Gasteiger partial charge in [0.05, 0.1) is 11.6 Å². The van der Waals surface area contributed by atoms with Crippen LogP contribution in [0.25, 0.3) is 17.0 Å². The summed E-state index contributed by atoms with van der Waals surface area (Å²) >= 11 is 0. The monoisotopic (exact) mass is 569 g/mol. The number of ketones is 1. The van der Waals surface area contributed by atoms with Crippen molar-refractivity contribution in [1.82, 2.24) is 20.1 Å². The highest BCUT2D eigenvalue weighted by molar-refractivity contribution is 6.08. The molecule has 5 rings (SSSR count). The van der Waals surface area contributed by atoms with Gasteiger partial charge in [0.1, 0.15) is 16.2 Å². The van der Waals surface area contributed by atoms with Crippen molar-refractivity contribution in [2.45, 2.75) is 13.5 Å². The summed E-state index contributed by atoms with van der Waals surface area (Å²) in [5, 5.41) is 17.3. The van der Waals surface area contributed by atoms with Gasteiger partial charge in [-0.15, -0.1) is 0 Å². The van der Waals surface area contributed by atoms with Gasteiger partial charge in [0.2, 0.25) is 5.43 Å². The SMILES string of the molecule is Cc1cccc(Cn2cc(C(=O)NCCN3CCNCC3)c(=O)c3cc(C(=O)/C=C/c4ccc([N+](=O)[O-])o4)ccc32)c1. The topological polar surface area (TPSA) is 140 Å². The molecule has 3 heterocycles. The number of pyridine rings is 1. The average molecular weight is 570 g/mol. The van der Waals surface area contributed by atoms with Gasteiger partial charge in [-0.3, -0.25) is 29.4 Å². The van der Waals surface area contributed by atoms with Gasteiger partial charge >= 0.3 is 5.88 Å². The Morgan fingerprint density at radius 1 is 1.12 bits per heavy atom. The highest BCUT2D eigenvalue weighted by Gasteiger charge is 2.18. The lowest BCUT2D eigenvalue weighted by Crippen LogP contribution is -2.46. The molecule has 1 saturated heterocycles. The number of hydrogen-bond acceptors (Lipinski definition) is 8. The molecule has 0 aliphatic carbocycles. The molecular formula is C31H31N5O6. The van der Waals surface area contributed by atoms with Crippen molar-refractivity contribution in [2.24, 2.45) is 0 Å². The number of fused-ring (bicyclic) bond motifs is 1. The summed E-state index contributed by atoms with van der Waals surface area (Å²) in [5.74, 6) is -1.17. The number of aryl methyl sites for hydroxylation is 1. The number of nitro groups is 1. The van der Waals surface area contributed by atoms with Gasteiger partial charge in [-0.05, 0) is 48.9 Å². The Labute approximate surface area is 241 Å². The highest BCUT2D eigenvalue weighted by Crippen LogP contribution is 2.20. The third-order valence-electron chi connectivity index (χ3n) is 7.16. The number of aromatic nitrogens is 1. The van der Waals surface area contributed by atoms with Crippen LogP contribution in [-0.2, 0) is 6.54 Å². The van der Waals surface area contributed by atoms with Crippen molar-refractivity contribution in [3.05, 3.63) is 115 Å². The number of amides is 1. The molecule has 0 atom stereocenters. The third-order valence-corrected chi connectivity index (χ3v) is 7.16. The van der Waals surface area contributed by atoms with Gasteiger partial charge < -0.3 is 19.6 Å². The average Bonchev–Trinajstić information content (AvgIpc) is 3.47. The fraction of sp³-hybridized carbons (Fsp3) is 0.258. The molecule has 0 unspecified atom stereocenters. The Morgan fingerprint density at radius 3 is 2.67 bits per heavy atom. The highest BCUT2D eigenvalue weighted by atomic mass is 16.6. The lowest BCUT2D eigenvalue weighted by molar-refractivity contribution is -0.402. The maximum atomic E-state index is 13.6. The Kier molecular flexibility index (Phi) is 8.70. The van der Waals surface area contributed by atoms with Gasteiger partial charge in [0.25, 0.3) is 5.91 Å². The number of carbonyl (C=O) groups is 2. The van der Waals surface area contributed by atoms with E-state index in [1.54, 1.807) is 18.3 Å². The molecule has 11 nitrogen and oxygen atoms in total. The van der Waals surface area contributed by atoms with Crippen LogP contribution in [-0.4, -0.2) is 65.3 Å². The first-order chi connectivity index (χ1) is 20.3. The lowest BCUT2D eigenvalue weighted by atomic mass is 10.0. The van der Waals surface area contributed by atoms with Crippen molar-refractivity contribution in [2.75, 3.05) is 39.3 Å². The van der Waals surface area contributed by atoms with Crippen LogP contribution in [0.2, 0.25) is 0 Å². The number of carbonyl (C=O) groups excluding carboxylic acids is 2. The van der Waals surface area contributed by atoms with E-state index >= 15 is 0 Å². The second-order valence-electron chi connectivity index (χ2n) is 10.2. The molecule has 1 aliphatic rings. The lowest BCUT2D eigenvalue weighted by Gasteiger charge is -2.27. The van der Waals surface area contributed by atoms with Crippen molar-refractivity contribution in [3.63, 3.8) is 0 Å². The zero-order valence-electron chi connectivity index (χ0n) is 23.2.